The van der Waals surface area contributed by atoms with E-state index in [-0.39, 0.29) is 11.9 Å². The van der Waals surface area contributed by atoms with E-state index in [0.29, 0.717) is 39.6 Å². The number of unbranched alkanes of at least 4 members (excludes halogenated alkanes) is 1. The van der Waals surface area contributed by atoms with Crippen LogP contribution in [-0.4, -0.2) is 51.6 Å². The predicted molar refractivity (Wildman–Crippen MR) is 64.1 cm³/mol. The molecule has 0 saturated heterocycles. The van der Waals surface area contributed by atoms with E-state index in [9.17, 15) is 9.59 Å². The number of rotatable bonds is 11. The van der Waals surface area contributed by atoms with Crippen molar-refractivity contribution in [2.75, 3.05) is 39.6 Å². The Kier molecular flexibility index (Phi) is 11.5. The number of ether oxygens (including phenoxy) is 4. The molecule has 6 heteroatoms. The molecule has 0 N–H and O–H groups in total. The minimum absolute atomic E-state index is 0.292. The second kappa shape index (κ2) is 12.3. The van der Waals surface area contributed by atoms with Crippen LogP contribution in [0.5, 0.6) is 0 Å². The highest BCUT2D eigenvalue weighted by Crippen LogP contribution is 1.92. The summed E-state index contributed by atoms with van der Waals surface area (Å²) in [4.78, 5) is 20.8. The van der Waals surface area contributed by atoms with Gasteiger partial charge in [0.05, 0.1) is 13.2 Å². The molecule has 0 rings (SSSR count). The van der Waals surface area contributed by atoms with Gasteiger partial charge in [0, 0.05) is 27.1 Å². The van der Waals surface area contributed by atoms with E-state index < -0.39 is 0 Å². The third kappa shape index (κ3) is 14.9. The van der Waals surface area contributed by atoms with Crippen LogP contribution in [0.2, 0.25) is 0 Å². The molecule has 0 aliphatic rings. The third-order valence-electron chi connectivity index (χ3n) is 1.89. The molecule has 18 heavy (non-hydrogen) atoms. The Morgan fingerprint density at radius 1 is 0.667 bits per heavy atom. The number of esters is 2. The van der Waals surface area contributed by atoms with E-state index in [0.717, 1.165) is 12.8 Å². The van der Waals surface area contributed by atoms with Gasteiger partial charge in [-0.05, 0) is 12.8 Å². The van der Waals surface area contributed by atoms with Crippen molar-refractivity contribution in [1.82, 2.24) is 0 Å². The van der Waals surface area contributed by atoms with Gasteiger partial charge in [0.1, 0.15) is 13.2 Å². The third-order valence-corrected chi connectivity index (χ3v) is 1.89. The van der Waals surface area contributed by atoms with Crippen LogP contribution < -0.4 is 0 Å². The monoisotopic (exact) mass is 262 g/mol. The maximum atomic E-state index is 10.4. The molecule has 6 nitrogen and oxygen atoms in total. The van der Waals surface area contributed by atoms with Crippen molar-refractivity contribution in [2.24, 2.45) is 0 Å². The van der Waals surface area contributed by atoms with E-state index in [2.05, 4.69) is 0 Å². The molecular formula is C12H22O6. The molecular weight excluding hydrogens is 240 g/mol. The van der Waals surface area contributed by atoms with Gasteiger partial charge >= 0.3 is 11.9 Å². The zero-order chi connectivity index (χ0) is 13.6. The molecule has 0 aliphatic heterocycles. The fraction of sp³-hybridized carbons (Fsp3) is 0.833. The zero-order valence-corrected chi connectivity index (χ0v) is 11.1. The first-order valence-corrected chi connectivity index (χ1v) is 6.05. The van der Waals surface area contributed by atoms with Gasteiger partial charge in [0.15, 0.2) is 0 Å². The quantitative estimate of drug-likeness (QED) is 0.407. The number of hydrogen-bond donors (Lipinski definition) is 0. The molecule has 0 aromatic carbocycles. The molecule has 0 bridgehead atoms. The van der Waals surface area contributed by atoms with E-state index in [4.69, 9.17) is 18.9 Å². The maximum Gasteiger partial charge on any atom is 0.302 e. The largest absolute Gasteiger partial charge is 0.463 e. The molecule has 0 saturated carbocycles. The van der Waals surface area contributed by atoms with Crippen LogP contribution in [0.15, 0.2) is 0 Å². The highest BCUT2D eigenvalue weighted by atomic mass is 16.6. The van der Waals surface area contributed by atoms with Gasteiger partial charge in [0.2, 0.25) is 0 Å². The van der Waals surface area contributed by atoms with Gasteiger partial charge < -0.3 is 18.9 Å². The molecule has 0 radical (unpaired) electrons. The van der Waals surface area contributed by atoms with Crippen LogP contribution in [0.4, 0.5) is 0 Å². The average molecular weight is 262 g/mol. The molecule has 0 aromatic rings. The SMILES string of the molecule is CC(=O)OCCOCCCCOCCOC(C)=O. The minimum Gasteiger partial charge on any atom is -0.463 e. The normalized spacial score (nSPS) is 10.1. The van der Waals surface area contributed by atoms with E-state index in [1.165, 1.54) is 13.8 Å². The molecule has 106 valence electrons. The van der Waals surface area contributed by atoms with Gasteiger partial charge in [-0.1, -0.05) is 0 Å². The fourth-order valence-electron chi connectivity index (χ4n) is 1.10. The summed E-state index contributed by atoms with van der Waals surface area (Å²) < 4.78 is 19.9. The van der Waals surface area contributed by atoms with Crippen molar-refractivity contribution in [3.05, 3.63) is 0 Å². The minimum atomic E-state index is -0.292. The number of carbonyl (C=O) groups is 2. The van der Waals surface area contributed by atoms with Crippen LogP contribution in [0.1, 0.15) is 26.7 Å². The van der Waals surface area contributed by atoms with Gasteiger partial charge in [-0.15, -0.1) is 0 Å². The highest BCUT2D eigenvalue weighted by molar-refractivity contribution is 5.66. The van der Waals surface area contributed by atoms with Crippen LogP contribution in [0, 0.1) is 0 Å². The van der Waals surface area contributed by atoms with Gasteiger partial charge in [-0.3, -0.25) is 9.59 Å². The standard InChI is InChI=1S/C12H22O6/c1-11(13)17-9-7-15-5-3-4-6-16-8-10-18-12(2)14/h3-10H2,1-2H3. The molecule has 0 aromatic heterocycles. The molecule has 0 unspecified atom stereocenters. The van der Waals surface area contributed by atoms with E-state index in [1.54, 1.807) is 0 Å². The lowest BCUT2D eigenvalue weighted by Gasteiger charge is -2.06. The summed E-state index contributed by atoms with van der Waals surface area (Å²) in [5.74, 6) is -0.584. The topological polar surface area (TPSA) is 71.1 Å². The van der Waals surface area contributed by atoms with Crippen molar-refractivity contribution < 1.29 is 28.5 Å². The van der Waals surface area contributed by atoms with Crippen LogP contribution in [0.25, 0.3) is 0 Å². The van der Waals surface area contributed by atoms with Crippen LogP contribution >= 0.6 is 0 Å². The first kappa shape index (κ1) is 16.9. The molecule has 0 heterocycles. The van der Waals surface area contributed by atoms with Crippen LogP contribution in [0.3, 0.4) is 0 Å². The summed E-state index contributed by atoms with van der Waals surface area (Å²) in [7, 11) is 0. The van der Waals surface area contributed by atoms with Crippen molar-refractivity contribution in [1.29, 1.82) is 0 Å². The highest BCUT2D eigenvalue weighted by Gasteiger charge is 1.95. The number of carbonyl (C=O) groups excluding carboxylic acids is 2. The first-order chi connectivity index (χ1) is 8.63. The van der Waals surface area contributed by atoms with E-state index >= 15 is 0 Å². The zero-order valence-electron chi connectivity index (χ0n) is 11.1. The fourth-order valence-corrected chi connectivity index (χ4v) is 1.10. The van der Waals surface area contributed by atoms with Gasteiger partial charge in [-0.2, -0.15) is 0 Å². The Balaban J connectivity index is 2.99. The summed E-state index contributed by atoms with van der Waals surface area (Å²) in [5, 5.41) is 0. The van der Waals surface area contributed by atoms with Crippen molar-refractivity contribution >= 4 is 11.9 Å². The Morgan fingerprint density at radius 2 is 1.06 bits per heavy atom. The van der Waals surface area contributed by atoms with Gasteiger partial charge in [0.25, 0.3) is 0 Å². The average Bonchev–Trinajstić information content (AvgIpc) is 2.29. The Hall–Kier alpha value is -1.14. The molecule has 0 amide bonds. The van der Waals surface area contributed by atoms with Crippen LogP contribution in [-0.2, 0) is 28.5 Å². The lowest BCUT2D eigenvalue weighted by Crippen LogP contribution is -2.10. The summed E-state index contributed by atoms with van der Waals surface area (Å²) in [6, 6.07) is 0. The molecule has 0 spiro atoms. The smallest absolute Gasteiger partial charge is 0.302 e. The predicted octanol–water partition coefficient (Wildman–Crippen LogP) is 0.926. The van der Waals surface area contributed by atoms with E-state index in [1.807, 2.05) is 0 Å². The van der Waals surface area contributed by atoms with Crippen molar-refractivity contribution in [3.8, 4) is 0 Å². The first-order valence-electron chi connectivity index (χ1n) is 6.05. The number of hydrogen-bond acceptors (Lipinski definition) is 6. The summed E-state index contributed by atoms with van der Waals surface area (Å²) in [6.45, 7) is 5.42. The molecule has 0 aliphatic carbocycles. The Labute approximate surface area is 108 Å². The van der Waals surface area contributed by atoms with Crippen molar-refractivity contribution in [2.45, 2.75) is 26.7 Å². The Morgan fingerprint density at radius 3 is 1.39 bits per heavy atom. The Bertz CT molecular complexity index is 205. The second-order valence-electron chi connectivity index (χ2n) is 3.61. The van der Waals surface area contributed by atoms with Gasteiger partial charge in [-0.25, -0.2) is 0 Å². The summed E-state index contributed by atoms with van der Waals surface area (Å²) in [6.07, 6.45) is 1.77. The lowest BCUT2D eigenvalue weighted by atomic mass is 10.3. The lowest BCUT2D eigenvalue weighted by molar-refractivity contribution is -0.143. The summed E-state index contributed by atoms with van der Waals surface area (Å²) >= 11 is 0. The summed E-state index contributed by atoms with van der Waals surface area (Å²) in [5.41, 5.74) is 0. The second-order valence-corrected chi connectivity index (χ2v) is 3.61. The molecule has 0 fully saturated rings. The molecule has 0 atom stereocenters. The maximum absolute atomic E-state index is 10.4. The van der Waals surface area contributed by atoms with Crippen molar-refractivity contribution in [3.63, 3.8) is 0 Å².